The monoisotopic (exact) mass is 311 g/mol. The fourth-order valence-corrected chi connectivity index (χ4v) is 1.69. The van der Waals surface area contributed by atoms with Crippen molar-refractivity contribution in [1.29, 1.82) is 0 Å². The van der Waals surface area contributed by atoms with Crippen molar-refractivity contribution in [1.82, 2.24) is 0 Å². The number of hydrogen-bond donors (Lipinski definition) is 1. The van der Waals surface area contributed by atoms with Crippen LogP contribution in [0.1, 0.15) is 18.0 Å². The summed E-state index contributed by atoms with van der Waals surface area (Å²) < 4.78 is 41.6. The van der Waals surface area contributed by atoms with E-state index in [0.29, 0.717) is 10.9 Å². The van der Waals surface area contributed by atoms with E-state index in [0.717, 1.165) is 5.56 Å². The lowest BCUT2D eigenvalue weighted by Gasteiger charge is -2.12. The highest BCUT2D eigenvalue weighted by Gasteiger charge is 2.09. The molecule has 0 saturated carbocycles. The minimum Gasteiger partial charge on any atom is -0.375 e. The summed E-state index contributed by atoms with van der Waals surface area (Å²) in [6.07, 6.45) is -2.06. The van der Waals surface area contributed by atoms with Gasteiger partial charge < -0.3 is 10.5 Å². The molecule has 0 fully saturated rings. The third kappa shape index (κ3) is 5.06. The van der Waals surface area contributed by atoms with Gasteiger partial charge in [0.15, 0.2) is 0 Å². The molecule has 2 nitrogen and oxygen atoms in total. The lowest BCUT2D eigenvalue weighted by Crippen LogP contribution is -2.15. The SMILES string of the molecule is NC(CCOCC(F)F)c1ccc(F)c(Br)c1. The molecule has 0 aliphatic heterocycles. The van der Waals surface area contributed by atoms with E-state index in [1.807, 2.05) is 0 Å². The van der Waals surface area contributed by atoms with Gasteiger partial charge in [-0.25, -0.2) is 13.2 Å². The Balaban J connectivity index is 2.41. The Bertz CT molecular complexity index is 363. The van der Waals surface area contributed by atoms with E-state index in [1.165, 1.54) is 6.07 Å². The first-order valence-corrected chi connectivity index (χ1v) is 5.86. The third-order valence-electron chi connectivity index (χ3n) is 2.19. The summed E-state index contributed by atoms with van der Waals surface area (Å²) >= 11 is 3.05. The van der Waals surface area contributed by atoms with Gasteiger partial charge in [0.25, 0.3) is 6.43 Å². The number of rotatable bonds is 6. The summed E-state index contributed by atoms with van der Waals surface area (Å²) in [5.41, 5.74) is 6.56. The number of ether oxygens (including phenoxy) is 1. The fraction of sp³-hybridized carbons (Fsp3) is 0.455. The molecule has 0 spiro atoms. The van der Waals surface area contributed by atoms with Gasteiger partial charge in [0.1, 0.15) is 12.4 Å². The predicted molar refractivity (Wildman–Crippen MR) is 62.5 cm³/mol. The average molecular weight is 312 g/mol. The van der Waals surface area contributed by atoms with Crippen LogP contribution in [-0.2, 0) is 4.74 Å². The van der Waals surface area contributed by atoms with Crippen molar-refractivity contribution in [3.05, 3.63) is 34.1 Å². The van der Waals surface area contributed by atoms with Gasteiger partial charge in [-0.05, 0) is 40.0 Å². The Morgan fingerprint density at radius 3 is 2.65 bits per heavy atom. The number of benzene rings is 1. The summed E-state index contributed by atoms with van der Waals surface area (Å²) in [5.74, 6) is -0.366. The molecule has 17 heavy (non-hydrogen) atoms. The molecule has 0 aliphatic carbocycles. The molecule has 1 atom stereocenters. The Morgan fingerprint density at radius 2 is 2.06 bits per heavy atom. The Kier molecular flexibility index (Phi) is 5.94. The van der Waals surface area contributed by atoms with E-state index in [1.54, 1.807) is 12.1 Å². The van der Waals surface area contributed by atoms with E-state index in [-0.39, 0.29) is 18.5 Å². The highest BCUT2D eigenvalue weighted by Crippen LogP contribution is 2.21. The van der Waals surface area contributed by atoms with Crippen molar-refractivity contribution in [3.8, 4) is 0 Å². The number of hydrogen-bond acceptors (Lipinski definition) is 2. The van der Waals surface area contributed by atoms with Crippen LogP contribution in [0.15, 0.2) is 22.7 Å². The summed E-state index contributed by atoms with van der Waals surface area (Å²) in [6.45, 7) is -0.430. The number of nitrogens with two attached hydrogens (primary N) is 1. The second-order valence-electron chi connectivity index (χ2n) is 3.53. The lowest BCUT2D eigenvalue weighted by molar-refractivity contribution is 0.0152. The van der Waals surface area contributed by atoms with Gasteiger partial charge in [0.2, 0.25) is 0 Å². The minimum absolute atomic E-state index is 0.153. The number of alkyl halides is 2. The van der Waals surface area contributed by atoms with Crippen LogP contribution >= 0.6 is 15.9 Å². The van der Waals surface area contributed by atoms with E-state index in [2.05, 4.69) is 15.9 Å². The fourth-order valence-electron chi connectivity index (χ4n) is 1.29. The topological polar surface area (TPSA) is 35.2 Å². The van der Waals surface area contributed by atoms with E-state index in [9.17, 15) is 13.2 Å². The van der Waals surface area contributed by atoms with Crippen molar-refractivity contribution in [2.24, 2.45) is 5.73 Å². The molecule has 1 aromatic rings. The molecular formula is C11H13BrF3NO. The van der Waals surface area contributed by atoms with Crippen molar-refractivity contribution >= 4 is 15.9 Å². The molecule has 0 bridgehead atoms. The van der Waals surface area contributed by atoms with Crippen LogP contribution in [0.5, 0.6) is 0 Å². The molecule has 6 heteroatoms. The summed E-state index contributed by atoms with van der Waals surface area (Å²) in [4.78, 5) is 0. The van der Waals surface area contributed by atoms with Crippen LogP contribution in [0.2, 0.25) is 0 Å². The first-order chi connectivity index (χ1) is 8.00. The minimum atomic E-state index is -2.47. The molecule has 0 heterocycles. The maximum absolute atomic E-state index is 13.0. The van der Waals surface area contributed by atoms with Crippen molar-refractivity contribution < 1.29 is 17.9 Å². The van der Waals surface area contributed by atoms with Crippen molar-refractivity contribution in [2.45, 2.75) is 18.9 Å². The molecule has 1 unspecified atom stereocenters. The molecule has 0 aromatic heterocycles. The molecular weight excluding hydrogens is 299 g/mol. The van der Waals surface area contributed by atoms with Gasteiger partial charge in [0, 0.05) is 12.6 Å². The van der Waals surface area contributed by atoms with Crippen LogP contribution in [0, 0.1) is 5.82 Å². The zero-order valence-electron chi connectivity index (χ0n) is 9.01. The quantitative estimate of drug-likeness (QED) is 0.818. The Morgan fingerprint density at radius 1 is 1.35 bits per heavy atom. The normalized spacial score (nSPS) is 13.1. The van der Waals surface area contributed by atoms with Crippen LogP contribution in [0.25, 0.3) is 0 Å². The summed E-state index contributed by atoms with van der Waals surface area (Å²) in [5, 5.41) is 0. The zero-order chi connectivity index (χ0) is 12.8. The van der Waals surface area contributed by atoms with Gasteiger partial charge >= 0.3 is 0 Å². The van der Waals surface area contributed by atoms with Gasteiger partial charge in [-0.15, -0.1) is 0 Å². The molecule has 0 saturated heterocycles. The van der Waals surface area contributed by atoms with Gasteiger partial charge in [-0.2, -0.15) is 0 Å². The van der Waals surface area contributed by atoms with Crippen molar-refractivity contribution in [2.75, 3.05) is 13.2 Å². The molecule has 1 rings (SSSR count). The molecule has 1 aromatic carbocycles. The molecule has 96 valence electrons. The van der Waals surface area contributed by atoms with E-state index >= 15 is 0 Å². The zero-order valence-corrected chi connectivity index (χ0v) is 10.6. The molecule has 0 amide bonds. The molecule has 0 radical (unpaired) electrons. The lowest BCUT2D eigenvalue weighted by atomic mass is 10.1. The summed E-state index contributed by atoms with van der Waals surface area (Å²) in [6, 6.07) is 4.09. The standard InChI is InChI=1S/C11H13BrF3NO/c12-8-5-7(1-2-9(8)13)10(16)3-4-17-6-11(14)15/h1-2,5,10-11H,3-4,6,16H2. The van der Waals surface area contributed by atoms with E-state index in [4.69, 9.17) is 10.5 Å². The second-order valence-corrected chi connectivity index (χ2v) is 4.39. The maximum Gasteiger partial charge on any atom is 0.261 e. The first-order valence-electron chi connectivity index (χ1n) is 5.07. The maximum atomic E-state index is 13.0. The molecule has 0 aliphatic rings. The Labute approximate surface area is 106 Å². The smallest absolute Gasteiger partial charge is 0.261 e. The second kappa shape index (κ2) is 6.98. The Hall–Kier alpha value is -0.590. The molecule has 2 N–H and O–H groups in total. The predicted octanol–water partition coefficient (Wildman–Crippen LogP) is 3.26. The van der Waals surface area contributed by atoms with Crippen LogP contribution < -0.4 is 5.73 Å². The highest BCUT2D eigenvalue weighted by atomic mass is 79.9. The average Bonchev–Trinajstić information content (AvgIpc) is 2.27. The van der Waals surface area contributed by atoms with Crippen molar-refractivity contribution in [3.63, 3.8) is 0 Å². The van der Waals surface area contributed by atoms with Crippen LogP contribution in [0.4, 0.5) is 13.2 Å². The largest absolute Gasteiger partial charge is 0.375 e. The number of halogens is 4. The highest BCUT2D eigenvalue weighted by molar-refractivity contribution is 9.10. The van der Waals surface area contributed by atoms with Crippen LogP contribution in [0.3, 0.4) is 0 Å². The van der Waals surface area contributed by atoms with E-state index < -0.39 is 13.0 Å². The van der Waals surface area contributed by atoms with Gasteiger partial charge in [-0.1, -0.05) is 6.07 Å². The summed E-state index contributed by atoms with van der Waals surface area (Å²) in [7, 11) is 0. The van der Waals surface area contributed by atoms with Gasteiger partial charge in [-0.3, -0.25) is 0 Å². The van der Waals surface area contributed by atoms with Gasteiger partial charge in [0.05, 0.1) is 4.47 Å². The van der Waals surface area contributed by atoms with Crippen LogP contribution in [-0.4, -0.2) is 19.6 Å². The third-order valence-corrected chi connectivity index (χ3v) is 2.80. The first kappa shape index (κ1) is 14.5.